The predicted molar refractivity (Wildman–Crippen MR) is 192 cm³/mol. The highest BCUT2D eigenvalue weighted by Crippen LogP contribution is 2.40. The van der Waals surface area contributed by atoms with Crippen molar-refractivity contribution in [3.8, 4) is 45.3 Å². The van der Waals surface area contributed by atoms with E-state index >= 15 is 0 Å². The van der Waals surface area contributed by atoms with Gasteiger partial charge in [0.15, 0.2) is 17.5 Å². The summed E-state index contributed by atoms with van der Waals surface area (Å²) in [5, 5.41) is 9.85. The Morgan fingerprint density at radius 2 is 0.652 bits per heavy atom. The normalized spacial score (nSPS) is 11.5. The maximum absolute atomic E-state index is 5.04. The van der Waals surface area contributed by atoms with E-state index in [1.807, 2.05) is 60.7 Å². The first-order valence-electron chi connectivity index (χ1n) is 15.5. The molecule has 3 nitrogen and oxygen atoms in total. The molecule has 1 heterocycles. The third kappa shape index (κ3) is 4.33. The molecule has 0 aliphatic rings. The Kier molecular flexibility index (Phi) is 6.14. The highest BCUT2D eigenvalue weighted by atomic mass is 15.0. The van der Waals surface area contributed by atoms with Gasteiger partial charge in [0.25, 0.3) is 0 Å². The largest absolute Gasteiger partial charge is 0.208 e. The summed E-state index contributed by atoms with van der Waals surface area (Å²) in [7, 11) is 0. The molecule has 0 saturated carbocycles. The molecule has 0 radical (unpaired) electrons. The van der Waals surface area contributed by atoms with Crippen molar-refractivity contribution in [1.29, 1.82) is 0 Å². The highest BCUT2D eigenvalue weighted by Gasteiger charge is 2.16. The van der Waals surface area contributed by atoms with Gasteiger partial charge < -0.3 is 0 Å². The van der Waals surface area contributed by atoms with Gasteiger partial charge in [0, 0.05) is 16.7 Å². The number of aromatic nitrogens is 3. The average molecular weight is 586 g/mol. The van der Waals surface area contributed by atoms with Crippen LogP contribution in [-0.4, -0.2) is 15.0 Å². The van der Waals surface area contributed by atoms with Crippen molar-refractivity contribution in [2.75, 3.05) is 0 Å². The van der Waals surface area contributed by atoms with Crippen LogP contribution in [-0.2, 0) is 0 Å². The summed E-state index contributed by atoms with van der Waals surface area (Å²) in [6, 6.07) is 57.6. The lowest BCUT2D eigenvalue weighted by atomic mass is 9.90. The maximum Gasteiger partial charge on any atom is 0.164 e. The minimum atomic E-state index is 0.658. The van der Waals surface area contributed by atoms with E-state index < -0.39 is 0 Å². The van der Waals surface area contributed by atoms with Crippen molar-refractivity contribution in [3.63, 3.8) is 0 Å². The summed E-state index contributed by atoms with van der Waals surface area (Å²) in [5.41, 5.74) is 5.29. The average Bonchev–Trinajstić information content (AvgIpc) is 3.14. The van der Waals surface area contributed by atoms with Gasteiger partial charge in [-0.2, -0.15) is 0 Å². The summed E-state index contributed by atoms with van der Waals surface area (Å²) >= 11 is 0. The van der Waals surface area contributed by atoms with Crippen LogP contribution in [0.15, 0.2) is 164 Å². The molecular formula is C43H27N3. The fourth-order valence-corrected chi connectivity index (χ4v) is 6.76. The van der Waals surface area contributed by atoms with Gasteiger partial charge in [0.1, 0.15) is 0 Å². The second kappa shape index (κ2) is 10.8. The fourth-order valence-electron chi connectivity index (χ4n) is 6.76. The van der Waals surface area contributed by atoms with Crippen molar-refractivity contribution in [3.05, 3.63) is 164 Å². The van der Waals surface area contributed by atoms with Crippen LogP contribution >= 0.6 is 0 Å². The Labute approximate surface area is 266 Å². The summed E-state index contributed by atoms with van der Waals surface area (Å²) < 4.78 is 0. The minimum absolute atomic E-state index is 0.658. The molecule has 0 aliphatic carbocycles. The molecule has 1 aromatic heterocycles. The molecule has 9 aromatic rings. The van der Waals surface area contributed by atoms with Gasteiger partial charge in [-0.3, -0.25) is 0 Å². The lowest BCUT2D eigenvalue weighted by Crippen LogP contribution is -2.00. The van der Waals surface area contributed by atoms with Gasteiger partial charge in [-0.15, -0.1) is 0 Å². The van der Waals surface area contributed by atoms with Crippen LogP contribution in [0.5, 0.6) is 0 Å². The third-order valence-corrected chi connectivity index (χ3v) is 8.94. The first-order valence-corrected chi connectivity index (χ1v) is 15.5. The van der Waals surface area contributed by atoms with Crippen LogP contribution in [0.4, 0.5) is 0 Å². The molecule has 0 unspecified atom stereocenters. The van der Waals surface area contributed by atoms with E-state index in [1.165, 1.54) is 43.4 Å². The molecule has 0 saturated heterocycles. The third-order valence-electron chi connectivity index (χ3n) is 8.94. The van der Waals surface area contributed by atoms with Crippen molar-refractivity contribution in [2.45, 2.75) is 0 Å². The molecule has 0 amide bonds. The molecule has 0 aliphatic heterocycles. The zero-order chi connectivity index (χ0) is 30.5. The van der Waals surface area contributed by atoms with E-state index in [4.69, 9.17) is 15.0 Å². The van der Waals surface area contributed by atoms with Crippen LogP contribution in [0.1, 0.15) is 0 Å². The predicted octanol–water partition coefficient (Wildman–Crippen LogP) is 11.2. The van der Waals surface area contributed by atoms with E-state index in [2.05, 4.69) is 103 Å². The van der Waals surface area contributed by atoms with E-state index in [0.717, 1.165) is 27.5 Å². The second-order valence-electron chi connectivity index (χ2n) is 11.6. The molecule has 0 fully saturated rings. The Morgan fingerprint density at radius 3 is 1.33 bits per heavy atom. The number of nitrogens with zero attached hydrogens (tertiary/aromatic N) is 3. The van der Waals surface area contributed by atoms with E-state index in [1.54, 1.807) is 0 Å². The van der Waals surface area contributed by atoms with Crippen molar-refractivity contribution in [1.82, 2.24) is 15.0 Å². The summed E-state index contributed by atoms with van der Waals surface area (Å²) in [5.74, 6) is 1.98. The monoisotopic (exact) mass is 585 g/mol. The fraction of sp³-hybridized carbons (Fsp3) is 0. The smallest absolute Gasteiger partial charge is 0.164 e. The van der Waals surface area contributed by atoms with Crippen LogP contribution < -0.4 is 0 Å². The van der Waals surface area contributed by atoms with Gasteiger partial charge in [0.05, 0.1) is 0 Å². The molecule has 0 spiro atoms. The van der Waals surface area contributed by atoms with Gasteiger partial charge in [-0.1, -0.05) is 164 Å². The van der Waals surface area contributed by atoms with E-state index in [-0.39, 0.29) is 0 Å². The van der Waals surface area contributed by atoms with Crippen molar-refractivity contribution >= 4 is 43.1 Å². The molecule has 9 rings (SSSR count). The van der Waals surface area contributed by atoms with Crippen molar-refractivity contribution in [2.24, 2.45) is 0 Å². The summed E-state index contributed by atoms with van der Waals surface area (Å²) in [6.07, 6.45) is 0. The minimum Gasteiger partial charge on any atom is -0.208 e. The SMILES string of the molecule is c1ccc(-c2nc(-c3ccccc3)nc(-c3cccc4c(-c5cccc6c5ccc5c7ccccc7ccc65)cccc34)n2)cc1. The highest BCUT2D eigenvalue weighted by molar-refractivity contribution is 6.20. The number of hydrogen-bond acceptors (Lipinski definition) is 3. The molecule has 46 heavy (non-hydrogen) atoms. The molecule has 3 heteroatoms. The van der Waals surface area contributed by atoms with Gasteiger partial charge in [0.2, 0.25) is 0 Å². The topological polar surface area (TPSA) is 38.7 Å². The Balaban J connectivity index is 1.26. The standard InChI is InChI=1S/C43H27N3/c1-3-13-29(14-4-1)41-44-42(30-15-5-2-6-16-30)46-43(45-41)40-23-11-21-33-32(18-10-22-36(33)40)34-19-9-20-35-38-25-24-28-12-7-8-17-31(28)37(38)26-27-39(34)35/h1-27H. The molecule has 0 bridgehead atoms. The number of benzene rings is 8. The number of hydrogen-bond donors (Lipinski definition) is 0. The van der Waals surface area contributed by atoms with Gasteiger partial charge >= 0.3 is 0 Å². The molecule has 0 N–H and O–H groups in total. The van der Waals surface area contributed by atoms with Crippen molar-refractivity contribution < 1.29 is 0 Å². The van der Waals surface area contributed by atoms with Crippen LogP contribution in [0.25, 0.3) is 88.4 Å². The van der Waals surface area contributed by atoms with Crippen LogP contribution in [0.2, 0.25) is 0 Å². The molecule has 8 aromatic carbocycles. The second-order valence-corrected chi connectivity index (χ2v) is 11.6. The molecule has 214 valence electrons. The van der Waals surface area contributed by atoms with Crippen LogP contribution in [0.3, 0.4) is 0 Å². The summed E-state index contributed by atoms with van der Waals surface area (Å²) in [4.78, 5) is 15.0. The Hall–Kier alpha value is -6.19. The Bertz CT molecular complexity index is 2520. The lowest BCUT2D eigenvalue weighted by Gasteiger charge is -2.15. The lowest BCUT2D eigenvalue weighted by molar-refractivity contribution is 1.08. The Morgan fingerprint density at radius 1 is 0.239 bits per heavy atom. The maximum atomic E-state index is 5.04. The van der Waals surface area contributed by atoms with Gasteiger partial charge in [-0.25, -0.2) is 15.0 Å². The molecule has 0 atom stereocenters. The van der Waals surface area contributed by atoms with Gasteiger partial charge in [-0.05, 0) is 54.2 Å². The quantitative estimate of drug-likeness (QED) is 0.193. The van der Waals surface area contributed by atoms with Crippen LogP contribution in [0, 0.1) is 0 Å². The van der Waals surface area contributed by atoms with E-state index in [9.17, 15) is 0 Å². The first-order chi connectivity index (χ1) is 22.8. The number of fused-ring (bicyclic) bond motifs is 6. The number of rotatable bonds is 4. The summed E-state index contributed by atoms with van der Waals surface area (Å²) in [6.45, 7) is 0. The first kappa shape index (κ1) is 26.2. The van der Waals surface area contributed by atoms with E-state index in [0.29, 0.717) is 17.5 Å². The molecular weight excluding hydrogens is 558 g/mol. The zero-order valence-electron chi connectivity index (χ0n) is 24.9. The zero-order valence-corrected chi connectivity index (χ0v) is 24.9.